The summed E-state index contributed by atoms with van der Waals surface area (Å²) in [5.41, 5.74) is 7.14. The molecule has 9 nitrogen and oxygen atoms in total. The monoisotopic (exact) mass is 510 g/mol. The third-order valence-electron chi connectivity index (χ3n) is 6.45. The molecule has 0 spiro atoms. The molecule has 0 bridgehead atoms. The molecule has 0 unspecified atom stereocenters. The van der Waals surface area contributed by atoms with Gasteiger partial charge in [-0.3, -0.25) is 15.1 Å². The summed E-state index contributed by atoms with van der Waals surface area (Å²) in [4.78, 5) is 16.3. The van der Waals surface area contributed by atoms with E-state index >= 15 is 0 Å². The second kappa shape index (κ2) is 11.2. The lowest BCUT2D eigenvalue weighted by Crippen LogP contribution is -2.19. The highest BCUT2D eigenvalue weighted by molar-refractivity contribution is 5.83. The van der Waals surface area contributed by atoms with Crippen LogP contribution in [0.5, 0.6) is 17.2 Å². The molecule has 0 aliphatic carbocycles. The van der Waals surface area contributed by atoms with Crippen LogP contribution in [0.1, 0.15) is 17.8 Å². The van der Waals surface area contributed by atoms with Crippen molar-refractivity contribution in [2.45, 2.75) is 19.8 Å². The number of nitrogens with one attached hydrogen (secondary N) is 1. The first-order chi connectivity index (χ1) is 18.6. The van der Waals surface area contributed by atoms with Crippen molar-refractivity contribution < 1.29 is 14.2 Å². The zero-order chi connectivity index (χ0) is 26.5. The van der Waals surface area contributed by atoms with Gasteiger partial charge in [-0.2, -0.15) is 5.10 Å². The summed E-state index contributed by atoms with van der Waals surface area (Å²) in [5.74, 6) is 2.23. The quantitative estimate of drug-likeness (QED) is 0.262. The molecule has 0 aliphatic heterocycles. The van der Waals surface area contributed by atoms with Gasteiger partial charge in [-0.05, 0) is 50.1 Å². The van der Waals surface area contributed by atoms with E-state index in [1.54, 1.807) is 39.9 Å². The van der Waals surface area contributed by atoms with Crippen molar-refractivity contribution in [3.05, 3.63) is 78.5 Å². The fourth-order valence-corrected chi connectivity index (χ4v) is 4.46. The summed E-state index contributed by atoms with van der Waals surface area (Å²) < 4.78 is 16.6. The Morgan fingerprint density at radius 1 is 0.842 bits per heavy atom. The molecule has 2 aromatic carbocycles. The Balaban J connectivity index is 1.52. The zero-order valence-corrected chi connectivity index (χ0v) is 21.9. The number of benzene rings is 2. The van der Waals surface area contributed by atoms with Crippen molar-refractivity contribution in [1.29, 1.82) is 0 Å². The molecule has 0 fully saturated rings. The topological polar surface area (TPSA) is 98.3 Å². The predicted octanol–water partition coefficient (Wildman–Crippen LogP) is 5.52. The molecule has 0 amide bonds. The van der Waals surface area contributed by atoms with Crippen LogP contribution in [0.4, 0.5) is 11.4 Å². The van der Waals surface area contributed by atoms with Gasteiger partial charge in [0.25, 0.3) is 0 Å². The van der Waals surface area contributed by atoms with E-state index in [-0.39, 0.29) is 0 Å². The lowest BCUT2D eigenvalue weighted by molar-refractivity contribution is 0.394. The summed E-state index contributed by atoms with van der Waals surface area (Å²) in [6, 6.07) is 15.8. The van der Waals surface area contributed by atoms with Crippen LogP contribution in [0, 0.1) is 6.92 Å². The van der Waals surface area contributed by atoms with Crippen LogP contribution in [0.15, 0.2) is 67.1 Å². The lowest BCUT2D eigenvalue weighted by Gasteiger charge is -2.26. The number of aromatic nitrogens is 5. The molecule has 0 saturated heterocycles. The maximum absolute atomic E-state index is 5.56. The minimum Gasteiger partial charge on any atom is -0.497 e. The molecule has 9 heteroatoms. The van der Waals surface area contributed by atoms with Gasteiger partial charge in [0.15, 0.2) is 0 Å². The Morgan fingerprint density at radius 2 is 1.66 bits per heavy atom. The van der Waals surface area contributed by atoms with Gasteiger partial charge in [0.05, 0.1) is 56.1 Å². The molecule has 3 aromatic heterocycles. The fraction of sp³-hybridized carbons (Fsp3) is 0.241. The van der Waals surface area contributed by atoms with E-state index in [4.69, 9.17) is 19.2 Å². The van der Waals surface area contributed by atoms with E-state index in [0.29, 0.717) is 11.5 Å². The number of pyridine rings is 1. The maximum atomic E-state index is 5.56. The molecule has 0 saturated carbocycles. The van der Waals surface area contributed by atoms with Gasteiger partial charge in [-0.15, -0.1) is 0 Å². The van der Waals surface area contributed by atoms with Crippen LogP contribution in [0.3, 0.4) is 0 Å². The number of ether oxygens (including phenoxy) is 3. The van der Waals surface area contributed by atoms with E-state index in [9.17, 15) is 0 Å². The molecular formula is C29H30N6O3. The highest BCUT2D eigenvalue weighted by atomic mass is 16.5. The normalized spacial score (nSPS) is 10.9. The van der Waals surface area contributed by atoms with Gasteiger partial charge in [-0.25, -0.2) is 4.98 Å². The first-order valence-electron chi connectivity index (χ1n) is 12.3. The molecule has 0 radical (unpaired) electrons. The molecule has 1 N–H and O–H groups in total. The number of anilines is 2. The largest absolute Gasteiger partial charge is 0.497 e. The van der Waals surface area contributed by atoms with Crippen molar-refractivity contribution in [2.24, 2.45) is 0 Å². The molecule has 5 rings (SSSR count). The Hall–Kier alpha value is -4.66. The van der Waals surface area contributed by atoms with Crippen molar-refractivity contribution in [3.63, 3.8) is 0 Å². The molecule has 0 atom stereocenters. The first kappa shape index (κ1) is 25.0. The highest BCUT2D eigenvalue weighted by Gasteiger charge is 2.16. The van der Waals surface area contributed by atoms with Gasteiger partial charge < -0.3 is 19.1 Å². The number of rotatable bonds is 10. The van der Waals surface area contributed by atoms with Gasteiger partial charge in [-0.1, -0.05) is 0 Å². The van der Waals surface area contributed by atoms with E-state index in [1.807, 2.05) is 43.3 Å². The third kappa shape index (κ3) is 5.22. The standard InChI is InChI=1S/C29H30N6O3/c1-19-24(17-32-34-19)28-18-31-25-10-9-20(15-27(25)33-28)35(21-13-22(36-2)16-23(14-21)37-3)12-6-7-26-29(38-4)8-5-11-30-26/h5,8-11,13-18H,6-7,12H2,1-4H3,(H,32,34). The molecule has 38 heavy (non-hydrogen) atoms. The molecule has 0 aliphatic rings. The van der Waals surface area contributed by atoms with Gasteiger partial charge >= 0.3 is 0 Å². The highest BCUT2D eigenvalue weighted by Crippen LogP contribution is 2.34. The van der Waals surface area contributed by atoms with Crippen LogP contribution < -0.4 is 19.1 Å². The SMILES string of the molecule is COc1cc(OC)cc(N(CCCc2ncccc2OC)c2ccc3ncc(-c4cn[nH]c4C)nc3c2)c1. The van der Waals surface area contributed by atoms with Gasteiger partial charge in [0.1, 0.15) is 17.2 Å². The smallest absolute Gasteiger partial charge is 0.140 e. The Labute approximate surface area is 221 Å². The van der Waals surface area contributed by atoms with E-state index < -0.39 is 0 Å². The fourth-order valence-electron chi connectivity index (χ4n) is 4.46. The van der Waals surface area contributed by atoms with Crippen LogP contribution in [0.2, 0.25) is 0 Å². The summed E-state index contributed by atoms with van der Waals surface area (Å²) in [6.45, 7) is 2.69. The first-order valence-corrected chi connectivity index (χ1v) is 12.3. The van der Waals surface area contributed by atoms with Crippen molar-refractivity contribution in [1.82, 2.24) is 25.1 Å². The van der Waals surface area contributed by atoms with Crippen molar-refractivity contribution in [3.8, 4) is 28.5 Å². The maximum Gasteiger partial charge on any atom is 0.140 e. The Bertz CT molecular complexity index is 1530. The van der Waals surface area contributed by atoms with Gasteiger partial charge in [0.2, 0.25) is 0 Å². The number of hydrogen-bond acceptors (Lipinski definition) is 8. The van der Waals surface area contributed by atoms with Crippen LogP contribution >= 0.6 is 0 Å². The number of H-pyrrole nitrogens is 1. The number of nitrogens with zero attached hydrogens (tertiary/aromatic N) is 5. The Morgan fingerprint density at radius 3 is 2.37 bits per heavy atom. The Kier molecular flexibility index (Phi) is 7.35. The average Bonchev–Trinajstić information content (AvgIpc) is 3.40. The van der Waals surface area contributed by atoms with Crippen molar-refractivity contribution in [2.75, 3.05) is 32.8 Å². The minimum absolute atomic E-state index is 0.717. The third-order valence-corrected chi connectivity index (χ3v) is 6.45. The number of aryl methyl sites for hydroxylation is 2. The zero-order valence-electron chi connectivity index (χ0n) is 21.9. The summed E-state index contributed by atoms with van der Waals surface area (Å²) in [5, 5.41) is 7.10. The number of hydrogen-bond donors (Lipinski definition) is 1. The second-order valence-electron chi connectivity index (χ2n) is 8.82. The van der Waals surface area contributed by atoms with Crippen LogP contribution in [-0.2, 0) is 6.42 Å². The second-order valence-corrected chi connectivity index (χ2v) is 8.82. The lowest BCUT2D eigenvalue weighted by atomic mass is 10.1. The minimum atomic E-state index is 0.717. The van der Waals surface area contributed by atoms with E-state index in [2.05, 4.69) is 37.2 Å². The van der Waals surface area contributed by atoms with Gasteiger partial charge in [0, 0.05) is 53.6 Å². The number of aromatic amines is 1. The van der Waals surface area contributed by atoms with Crippen LogP contribution in [-0.4, -0.2) is 53.0 Å². The predicted molar refractivity (Wildman–Crippen MR) is 148 cm³/mol. The summed E-state index contributed by atoms with van der Waals surface area (Å²) in [7, 11) is 4.98. The molecular weight excluding hydrogens is 480 g/mol. The van der Waals surface area contributed by atoms with Crippen LogP contribution in [0.25, 0.3) is 22.3 Å². The number of methoxy groups -OCH3 is 3. The summed E-state index contributed by atoms with van der Waals surface area (Å²) in [6.07, 6.45) is 6.95. The number of fused-ring (bicyclic) bond motifs is 1. The molecule has 3 heterocycles. The molecule has 5 aromatic rings. The van der Waals surface area contributed by atoms with Crippen molar-refractivity contribution >= 4 is 22.4 Å². The van der Waals surface area contributed by atoms with E-state index in [0.717, 1.165) is 70.2 Å². The molecule has 194 valence electrons. The average molecular weight is 511 g/mol. The summed E-state index contributed by atoms with van der Waals surface area (Å²) >= 11 is 0. The van der Waals surface area contributed by atoms with E-state index in [1.165, 1.54) is 0 Å².